The molecule has 2 heterocycles. The molecule has 0 atom stereocenters. The number of hydrogen-bond donors (Lipinski definition) is 2. The summed E-state index contributed by atoms with van der Waals surface area (Å²) in [5, 5.41) is 10.1. The Hall–Kier alpha value is -1.18. The van der Waals surface area contributed by atoms with Crippen molar-refractivity contribution in [3.63, 3.8) is 0 Å². The fourth-order valence-electron chi connectivity index (χ4n) is 1.40. The quantitative estimate of drug-likeness (QED) is 0.393. The Morgan fingerprint density at radius 1 is 1.56 bits per heavy atom. The minimum Gasteiger partial charge on any atom is -0.381 e. The first-order valence-electron chi connectivity index (χ1n) is 5.02. The van der Waals surface area contributed by atoms with Gasteiger partial charge in [0.1, 0.15) is 5.01 Å². The molecule has 18 heavy (non-hydrogen) atoms. The summed E-state index contributed by atoms with van der Waals surface area (Å²) in [5.74, 6) is -0.847. The van der Waals surface area contributed by atoms with Crippen molar-refractivity contribution >= 4 is 46.1 Å². The van der Waals surface area contributed by atoms with Crippen LogP contribution in [0.2, 0.25) is 0 Å². The number of rotatable bonds is 4. The number of thiophene rings is 1. The lowest BCUT2D eigenvalue weighted by Crippen LogP contribution is -2.21. The Balaban J connectivity index is 2.48. The second kappa shape index (κ2) is 5.21. The molecule has 0 saturated carbocycles. The Kier molecular flexibility index (Phi) is 3.84. The molecule has 0 amide bonds. The Morgan fingerprint density at radius 3 is 2.78 bits per heavy atom. The number of nitrogens with two attached hydrogens (primary N) is 1. The zero-order valence-electron chi connectivity index (χ0n) is 9.81. The predicted octanol–water partition coefficient (Wildman–Crippen LogP) is 3.02. The smallest absolute Gasteiger partial charge is 0.237 e. The van der Waals surface area contributed by atoms with Gasteiger partial charge in [-0.25, -0.2) is 4.98 Å². The highest BCUT2D eigenvalue weighted by molar-refractivity contribution is 8.00. The summed E-state index contributed by atoms with van der Waals surface area (Å²) in [7, 11) is 0. The zero-order valence-corrected chi connectivity index (χ0v) is 12.3. The number of aryl methyl sites for hydroxylation is 1. The third kappa shape index (κ3) is 2.47. The molecule has 0 saturated heterocycles. The average molecular weight is 297 g/mol. The topological polar surface area (TPSA) is 79.8 Å². The first-order chi connectivity index (χ1) is 8.52. The van der Waals surface area contributed by atoms with Gasteiger partial charge in [0.15, 0.2) is 5.84 Å². The fraction of sp³-hybridized carbons (Fsp3) is 0.182. The second-order valence-corrected chi connectivity index (χ2v) is 6.54. The van der Waals surface area contributed by atoms with E-state index in [2.05, 4.69) is 4.98 Å². The van der Waals surface area contributed by atoms with Gasteiger partial charge in [0, 0.05) is 16.6 Å². The maximum atomic E-state index is 11.7. The molecule has 0 aliphatic carbocycles. The molecule has 0 aliphatic rings. The minimum absolute atomic E-state index is 0.421. The zero-order chi connectivity index (χ0) is 13.3. The first-order valence-corrected chi connectivity index (χ1v) is 7.94. The van der Waals surface area contributed by atoms with Crippen LogP contribution in [0.5, 0.6) is 0 Å². The SMILES string of the molecule is CSc1sc(C(=O)C(=N)N)cc1-c1nc(C)cs1. The van der Waals surface area contributed by atoms with Gasteiger partial charge in [-0.3, -0.25) is 10.2 Å². The number of aromatic nitrogens is 1. The largest absolute Gasteiger partial charge is 0.381 e. The monoisotopic (exact) mass is 297 g/mol. The minimum atomic E-state index is -0.425. The summed E-state index contributed by atoms with van der Waals surface area (Å²) < 4.78 is 1.02. The molecule has 2 rings (SSSR count). The van der Waals surface area contributed by atoms with Crippen LogP contribution in [0, 0.1) is 12.3 Å². The van der Waals surface area contributed by atoms with E-state index in [1.54, 1.807) is 29.2 Å². The van der Waals surface area contributed by atoms with E-state index in [1.165, 1.54) is 11.3 Å². The molecule has 0 unspecified atom stereocenters. The van der Waals surface area contributed by atoms with Crippen LogP contribution >= 0.6 is 34.4 Å². The van der Waals surface area contributed by atoms with Gasteiger partial charge in [-0.15, -0.1) is 34.4 Å². The van der Waals surface area contributed by atoms with Crippen LogP contribution < -0.4 is 5.73 Å². The number of nitrogens with one attached hydrogen (secondary N) is 1. The molecule has 4 nitrogen and oxygen atoms in total. The summed E-state index contributed by atoms with van der Waals surface area (Å²) in [5.41, 5.74) is 7.15. The number of nitrogens with zero attached hydrogens (tertiary/aromatic N) is 1. The van der Waals surface area contributed by atoms with Gasteiger partial charge in [0.25, 0.3) is 0 Å². The second-order valence-electron chi connectivity index (χ2n) is 3.55. The van der Waals surface area contributed by atoms with Crippen LogP contribution in [0.3, 0.4) is 0 Å². The van der Waals surface area contributed by atoms with Crippen molar-refractivity contribution in [3.8, 4) is 10.6 Å². The number of ketones is 1. The molecule has 0 spiro atoms. The van der Waals surface area contributed by atoms with E-state index in [4.69, 9.17) is 11.1 Å². The molecule has 2 aromatic rings. The fourth-order valence-corrected chi connectivity index (χ4v) is 4.17. The molecule has 94 valence electrons. The van der Waals surface area contributed by atoms with E-state index in [0.717, 1.165) is 20.5 Å². The van der Waals surface area contributed by atoms with Gasteiger partial charge >= 0.3 is 0 Å². The maximum Gasteiger partial charge on any atom is 0.237 e. The third-order valence-electron chi connectivity index (χ3n) is 2.20. The van der Waals surface area contributed by atoms with E-state index in [-0.39, 0.29) is 0 Å². The highest BCUT2D eigenvalue weighted by Gasteiger charge is 2.18. The lowest BCUT2D eigenvalue weighted by Gasteiger charge is -1.94. The van der Waals surface area contributed by atoms with Crippen LogP contribution in [0.4, 0.5) is 0 Å². The normalized spacial score (nSPS) is 10.6. The number of carbonyl (C=O) groups is 1. The van der Waals surface area contributed by atoms with Crippen LogP contribution in [0.15, 0.2) is 15.7 Å². The molecule has 0 radical (unpaired) electrons. The van der Waals surface area contributed by atoms with Gasteiger partial charge < -0.3 is 5.73 Å². The molecular weight excluding hydrogens is 286 g/mol. The van der Waals surface area contributed by atoms with E-state index in [0.29, 0.717) is 4.88 Å². The maximum absolute atomic E-state index is 11.7. The highest BCUT2D eigenvalue weighted by atomic mass is 32.2. The number of carbonyl (C=O) groups excluding carboxylic acids is 1. The molecule has 7 heteroatoms. The van der Waals surface area contributed by atoms with Gasteiger partial charge in [-0.1, -0.05) is 0 Å². The summed E-state index contributed by atoms with van der Waals surface area (Å²) in [6, 6.07) is 1.78. The van der Waals surface area contributed by atoms with Crippen molar-refractivity contribution in [1.82, 2.24) is 4.98 Å². The van der Waals surface area contributed by atoms with Crippen LogP contribution in [-0.4, -0.2) is 22.9 Å². The van der Waals surface area contributed by atoms with Crippen LogP contribution in [0.25, 0.3) is 10.6 Å². The van der Waals surface area contributed by atoms with Crippen LogP contribution in [0.1, 0.15) is 15.4 Å². The van der Waals surface area contributed by atoms with Crippen molar-refractivity contribution in [3.05, 3.63) is 22.0 Å². The van der Waals surface area contributed by atoms with Gasteiger partial charge in [0.2, 0.25) is 5.78 Å². The number of hydrogen-bond acceptors (Lipinski definition) is 6. The number of thiazole rings is 1. The third-order valence-corrected chi connectivity index (χ3v) is 5.46. The summed E-state index contributed by atoms with van der Waals surface area (Å²) in [6.07, 6.45) is 1.96. The van der Waals surface area contributed by atoms with Crippen molar-refractivity contribution in [2.45, 2.75) is 11.1 Å². The number of amidine groups is 1. The summed E-state index contributed by atoms with van der Waals surface area (Å²) in [4.78, 5) is 16.6. The Morgan fingerprint density at radius 2 is 2.28 bits per heavy atom. The summed E-state index contributed by atoms with van der Waals surface area (Å²) >= 11 is 4.48. The molecule has 0 fully saturated rings. The lowest BCUT2D eigenvalue weighted by atomic mass is 10.2. The predicted molar refractivity (Wildman–Crippen MR) is 78.2 cm³/mol. The van der Waals surface area contributed by atoms with Crippen LogP contribution in [-0.2, 0) is 0 Å². The van der Waals surface area contributed by atoms with Gasteiger partial charge in [-0.2, -0.15) is 0 Å². The molecule has 0 aliphatic heterocycles. The van der Waals surface area contributed by atoms with E-state index in [9.17, 15) is 4.79 Å². The van der Waals surface area contributed by atoms with Crippen molar-refractivity contribution in [2.75, 3.05) is 6.26 Å². The standard InChI is InChI=1S/C11H11N3OS3/c1-5-4-17-10(14-5)6-3-7(8(15)9(12)13)18-11(6)16-2/h3-4H,1-2H3,(H3,12,13). The average Bonchev–Trinajstić information content (AvgIpc) is 2.93. The van der Waals surface area contributed by atoms with E-state index in [1.807, 2.05) is 18.6 Å². The molecule has 0 aromatic carbocycles. The van der Waals surface area contributed by atoms with Gasteiger partial charge in [0.05, 0.1) is 9.09 Å². The Labute approximate surface area is 117 Å². The van der Waals surface area contributed by atoms with Gasteiger partial charge in [-0.05, 0) is 19.2 Å². The number of thioether (sulfide) groups is 1. The first kappa shape index (κ1) is 13.3. The van der Waals surface area contributed by atoms with Crippen molar-refractivity contribution < 1.29 is 4.79 Å². The van der Waals surface area contributed by atoms with Crippen molar-refractivity contribution in [1.29, 1.82) is 5.41 Å². The number of Topliss-reactive ketones (excluding diaryl/α,β-unsaturated/α-hetero) is 1. The molecular formula is C11H11N3OS3. The van der Waals surface area contributed by atoms with E-state index >= 15 is 0 Å². The molecule has 0 bridgehead atoms. The lowest BCUT2D eigenvalue weighted by molar-refractivity contribution is 0.106. The molecule has 2 aromatic heterocycles. The van der Waals surface area contributed by atoms with Crippen molar-refractivity contribution in [2.24, 2.45) is 5.73 Å². The Bertz CT molecular complexity index is 615. The molecule has 3 N–H and O–H groups in total. The summed E-state index contributed by atoms with van der Waals surface area (Å²) in [6.45, 7) is 1.94. The highest BCUT2D eigenvalue weighted by Crippen LogP contribution is 2.39. The van der Waals surface area contributed by atoms with E-state index < -0.39 is 11.6 Å².